The Balaban J connectivity index is 1.52. The summed E-state index contributed by atoms with van der Waals surface area (Å²) in [7, 11) is 2.10. The zero-order valence-electron chi connectivity index (χ0n) is 16.2. The lowest BCUT2D eigenvalue weighted by Crippen LogP contribution is -2.45. The molecule has 29 heavy (non-hydrogen) atoms. The smallest absolute Gasteiger partial charge is 0.265 e. The third-order valence-corrected chi connectivity index (χ3v) is 5.42. The van der Waals surface area contributed by atoms with Gasteiger partial charge in [0.05, 0.1) is 17.1 Å². The van der Waals surface area contributed by atoms with E-state index in [-0.39, 0.29) is 25.0 Å². The van der Waals surface area contributed by atoms with Crippen LogP contribution in [0.3, 0.4) is 0 Å². The molecule has 0 aromatic heterocycles. The Morgan fingerprint density at radius 3 is 2.66 bits per heavy atom. The molecule has 2 aromatic rings. The first-order valence-electron chi connectivity index (χ1n) is 9.56. The second-order valence-corrected chi connectivity index (χ2v) is 7.67. The SMILES string of the molecule is CN1CCN(c2ccc(Cl)cc2NC(=O)CN2C(=O)COc3ccccc32)CC1. The van der Waals surface area contributed by atoms with Gasteiger partial charge in [-0.05, 0) is 37.4 Å². The maximum absolute atomic E-state index is 12.8. The van der Waals surface area contributed by atoms with Crippen molar-refractivity contribution in [3.05, 3.63) is 47.5 Å². The van der Waals surface area contributed by atoms with Gasteiger partial charge in [0.15, 0.2) is 6.61 Å². The molecule has 8 heteroatoms. The molecule has 1 N–H and O–H groups in total. The predicted molar refractivity (Wildman–Crippen MR) is 114 cm³/mol. The third-order valence-electron chi connectivity index (χ3n) is 5.19. The van der Waals surface area contributed by atoms with E-state index in [1.165, 1.54) is 4.90 Å². The molecule has 4 rings (SSSR count). The molecule has 0 bridgehead atoms. The maximum Gasteiger partial charge on any atom is 0.265 e. The highest BCUT2D eigenvalue weighted by Crippen LogP contribution is 2.32. The molecule has 2 heterocycles. The van der Waals surface area contributed by atoms with Gasteiger partial charge in [-0.2, -0.15) is 0 Å². The number of anilines is 3. The number of para-hydroxylation sites is 2. The summed E-state index contributed by atoms with van der Waals surface area (Å²) in [5.74, 6) is 0.0673. The van der Waals surface area contributed by atoms with E-state index in [1.54, 1.807) is 18.2 Å². The summed E-state index contributed by atoms with van der Waals surface area (Å²) in [6.45, 7) is 3.48. The summed E-state index contributed by atoms with van der Waals surface area (Å²) in [6, 6.07) is 12.7. The number of nitrogens with one attached hydrogen (secondary N) is 1. The normalized spacial score (nSPS) is 17.0. The van der Waals surface area contributed by atoms with E-state index in [1.807, 2.05) is 24.3 Å². The average molecular weight is 415 g/mol. The van der Waals surface area contributed by atoms with Crippen molar-refractivity contribution >= 4 is 40.5 Å². The molecule has 0 unspecified atom stereocenters. The number of fused-ring (bicyclic) bond motifs is 1. The lowest BCUT2D eigenvalue weighted by Gasteiger charge is -2.35. The van der Waals surface area contributed by atoms with Crippen molar-refractivity contribution in [3.63, 3.8) is 0 Å². The van der Waals surface area contributed by atoms with Crippen molar-refractivity contribution in [1.29, 1.82) is 0 Å². The number of carbonyl (C=O) groups excluding carboxylic acids is 2. The molecule has 0 saturated carbocycles. The van der Waals surface area contributed by atoms with E-state index >= 15 is 0 Å². The van der Waals surface area contributed by atoms with Crippen molar-refractivity contribution in [1.82, 2.24) is 4.90 Å². The summed E-state index contributed by atoms with van der Waals surface area (Å²) >= 11 is 6.19. The largest absolute Gasteiger partial charge is 0.482 e. The lowest BCUT2D eigenvalue weighted by molar-refractivity contribution is -0.123. The van der Waals surface area contributed by atoms with E-state index in [4.69, 9.17) is 16.3 Å². The minimum absolute atomic E-state index is 0.0754. The van der Waals surface area contributed by atoms with Crippen LogP contribution in [0.5, 0.6) is 5.75 Å². The maximum atomic E-state index is 12.8. The highest BCUT2D eigenvalue weighted by Gasteiger charge is 2.27. The van der Waals surface area contributed by atoms with E-state index in [2.05, 4.69) is 22.2 Å². The first-order chi connectivity index (χ1) is 14.0. The van der Waals surface area contributed by atoms with Crippen LogP contribution >= 0.6 is 11.6 Å². The van der Waals surface area contributed by atoms with E-state index in [0.717, 1.165) is 31.9 Å². The van der Waals surface area contributed by atoms with E-state index < -0.39 is 0 Å². The Kier molecular flexibility index (Phi) is 5.60. The standard InChI is InChI=1S/C21H23ClN4O3/c1-24-8-10-25(11-9-24)17-7-6-15(22)12-16(17)23-20(27)13-26-18-4-2-3-5-19(18)29-14-21(26)28/h2-7,12H,8-11,13-14H2,1H3,(H,23,27). The highest BCUT2D eigenvalue weighted by atomic mass is 35.5. The number of amides is 2. The van der Waals surface area contributed by atoms with Crippen molar-refractivity contribution < 1.29 is 14.3 Å². The zero-order chi connectivity index (χ0) is 20.4. The van der Waals surface area contributed by atoms with Gasteiger partial charge in [-0.25, -0.2) is 0 Å². The molecule has 1 fully saturated rings. The topological polar surface area (TPSA) is 65.1 Å². The quantitative estimate of drug-likeness (QED) is 0.832. The van der Waals surface area contributed by atoms with Crippen molar-refractivity contribution in [2.45, 2.75) is 0 Å². The number of ether oxygens (including phenoxy) is 1. The van der Waals surface area contributed by atoms with Gasteiger partial charge in [-0.1, -0.05) is 23.7 Å². The second-order valence-electron chi connectivity index (χ2n) is 7.24. The van der Waals surface area contributed by atoms with Gasteiger partial charge >= 0.3 is 0 Å². The number of hydrogen-bond acceptors (Lipinski definition) is 5. The fraction of sp³-hybridized carbons (Fsp3) is 0.333. The first kappa shape index (κ1) is 19.5. The van der Waals surface area contributed by atoms with Gasteiger partial charge in [0.25, 0.3) is 5.91 Å². The zero-order valence-corrected chi connectivity index (χ0v) is 17.0. The van der Waals surface area contributed by atoms with Crippen LogP contribution in [0.1, 0.15) is 0 Å². The molecule has 7 nitrogen and oxygen atoms in total. The van der Waals surface area contributed by atoms with Crippen LogP contribution in [0, 0.1) is 0 Å². The summed E-state index contributed by atoms with van der Waals surface area (Å²) in [6.07, 6.45) is 0. The Morgan fingerprint density at radius 2 is 1.86 bits per heavy atom. The Hall–Kier alpha value is -2.77. The van der Waals surface area contributed by atoms with Gasteiger partial charge in [0.2, 0.25) is 5.91 Å². The number of likely N-dealkylation sites (N-methyl/N-ethyl adjacent to an activating group) is 1. The number of rotatable bonds is 4. The number of hydrogen-bond donors (Lipinski definition) is 1. The molecular formula is C21H23ClN4O3. The number of nitrogens with zero attached hydrogens (tertiary/aromatic N) is 3. The highest BCUT2D eigenvalue weighted by molar-refractivity contribution is 6.31. The minimum Gasteiger partial charge on any atom is -0.482 e. The van der Waals surface area contributed by atoms with Crippen molar-refractivity contribution in [3.8, 4) is 5.75 Å². The van der Waals surface area contributed by atoms with Gasteiger partial charge < -0.3 is 19.9 Å². The predicted octanol–water partition coefficient (Wildman–Crippen LogP) is 2.46. The molecule has 1 saturated heterocycles. The monoisotopic (exact) mass is 414 g/mol. The first-order valence-corrected chi connectivity index (χ1v) is 9.94. The van der Waals surface area contributed by atoms with Gasteiger partial charge in [-0.3, -0.25) is 14.5 Å². The third kappa shape index (κ3) is 4.31. The fourth-order valence-electron chi connectivity index (χ4n) is 3.59. The van der Waals surface area contributed by atoms with Crippen LogP contribution in [-0.4, -0.2) is 63.1 Å². The molecule has 0 aliphatic carbocycles. The van der Waals surface area contributed by atoms with Crippen molar-refractivity contribution in [2.75, 3.05) is 61.5 Å². The Labute approximate surface area is 174 Å². The van der Waals surface area contributed by atoms with Crippen LogP contribution in [-0.2, 0) is 9.59 Å². The summed E-state index contributed by atoms with van der Waals surface area (Å²) in [5.41, 5.74) is 2.19. The summed E-state index contributed by atoms with van der Waals surface area (Å²) in [4.78, 5) is 31.1. The summed E-state index contributed by atoms with van der Waals surface area (Å²) < 4.78 is 5.44. The Bertz CT molecular complexity index is 928. The van der Waals surface area contributed by atoms with Crippen molar-refractivity contribution in [2.24, 2.45) is 0 Å². The number of benzene rings is 2. The minimum atomic E-state index is -0.285. The van der Waals surface area contributed by atoms with Gasteiger partial charge in [0, 0.05) is 31.2 Å². The van der Waals surface area contributed by atoms with E-state index in [9.17, 15) is 9.59 Å². The second kappa shape index (κ2) is 8.31. The van der Waals surface area contributed by atoms with Gasteiger partial charge in [0.1, 0.15) is 12.3 Å². The summed E-state index contributed by atoms with van der Waals surface area (Å²) in [5, 5.41) is 3.49. The number of piperazine rings is 1. The lowest BCUT2D eigenvalue weighted by atomic mass is 10.2. The Morgan fingerprint density at radius 1 is 1.10 bits per heavy atom. The molecule has 2 amide bonds. The molecule has 2 aliphatic heterocycles. The van der Waals surface area contributed by atoms with Crippen LogP contribution in [0.15, 0.2) is 42.5 Å². The number of halogens is 1. The fourth-order valence-corrected chi connectivity index (χ4v) is 3.76. The van der Waals surface area contributed by atoms with Gasteiger partial charge in [-0.15, -0.1) is 0 Å². The molecule has 2 aliphatic rings. The van der Waals surface area contributed by atoms with E-state index in [0.29, 0.717) is 22.1 Å². The molecule has 2 aromatic carbocycles. The van der Waals surface area contributed by atoms with Crippen LogP contribution in [0.4, 0.5) is 17.1 Å². The van der Waals surface area contributed by atoms with Crippen LogP contribution in [0.25, 0.3) is 0 Å². The van der Waals surface area contributed by atoms with Crippen LogP contribution in [0.2, 0.25) is 5.02 Å². The molecule has 152 valence electrons. The van der Waals surface area contributed by atoms with Crippen LogP contribution < -0.4 is 19.9 Å². The molecular weight excluding hydrogens is 392 g/mol. The molecule has 0 radical (unpaired) electrons. The molecule has 0 atom stereocenters. The molecule has 0 spiro atoms. The number of carbonyl (C=O) groups is 2. The average Bonchev–Trinajstić information content (AvgIpc) is 2.71.